The fourth-order valence-corrected chi connectivity index (χ4v) is 1.99. The summed E-state index contributed by atoms with van der Waals surface area (Å²) in [6.07, 6.45) is 5.98. The van der Waals surface area contributed by atoms with Crippen molar-refractivity contribution in [2.45, 2.75) is 52.1 Å². The fraction of sp³-hybridized carbons (Fsp3) is 0.727. The van der Waals surface area contributed by atoms with Gasteiger partial charge in [-0.25, -0.2) is 4.98 Å². The molecule has 2 rings (SSSR count). The molecule has 0 saturated heterocycles. The Kier molecular flexibility index (Phi) is 2.25. The Labute approximate surface area is 85.5 Å². The van der Waals surface area contributed by atoms with Crippen molar-refractivity contribution >= 4 is 5.95 Å². The maximum Gasteiger partial charge on any atom is 0.203 e. The quantitative estimate of drug-likeness (QED) is 0.799. The summed E-state index contributed by atoms with van der Waals surface area (Å²) in [5, 5.41) is 3.55. The van der Waals surface area contributed by atoms with E-state index in [0.717, 1.165) is 18.2 Å². The molecule has 0 unspecified atom stereocenters. The van der Waals surface area contributed by atoms with Crippen molar-refractivity contribution in [3.63, 3.8) is 0 Å². The third-order valence-corrected chi connectivity index (χ3v) is 3.11. The van der Waals surface area contributed by atoms with E-state index >= 15 is 0 Å². The average Bonchev–Trinajstić information content (AvgIpc) is 2.43. The minimum absolute atomic E-state index is 0.296. The van der Waals surface area contributed by atoms with Gasteiger partial charge in [-0.15, -0.1) is 0 Å². The summed E-state index contributed by atoms with van der Waals surface area (Å²) in [4.78, 5) is 4.50. The van der Waals surface area contributed by atoms with Crippen LogP contribution in [0.1, 0.15) is 38.8 Å². The third kappa shape index (κ3) is 1.63. The number of aryl methyl sites for hydroxylation is 2. The van der Waals surface area contributed by atoms with Crippen molar-refractivity contribution < 1.29 is 0 Å². The Hall–Kier alpha value is -0.990. The maximum absolute atomic E-state index is 4.50. The number of imidazole rings is 1. The molecule has 1 N–H and O–H groups in total. The molecule has 0 radical (unpaired) electrons. The molecule has 78 valence electrons. The zero-order valence-corrected chi connectivity index (χ0v) is 9.30. The lowest BCUT2D eigenvalue weighted by molar-refractivity contribution is 0.303. The Morgan fingerprint density at radius 1 is 1.57 bits per heavy atom. The smallest absolute Gasteiger partial charge is 0.203 e. The van der Waals surface area contributed by atoms with Crippen LogP contribution in [0.5, 0.6) is 0 Å². The third-order valence-electron chi connectivity index (χ3n) is 3.11. The van der Waals surface area contributed by atoms with E-state index in [1.165, 1.54) is 19.3 Å². The molecular formula is C11H19N3. The van der Waals surface area contributed by atoms with Gasteiger partial charge in [0.05, 0.1) is 5.69 Å². The average molecular weight is 193 g/mol. The minimum atomic E-state index is 0.296. The number of nitrogens with zero attached hydrogens (tertiary/aromatic N) is 2. The molecular weight excluding hydrogens is 174 g/mol. The molecule has 0 amide bonds. The summed E-state index contributed by atoms with van der Waals surface area (Å²) in [7, 11) is 0. The molecule has 1 saturated carbocycles. The molecule has 0 atom stereocenters. The van der Waals surface area contributed by atoms with Crippen molar-refractivity contribution in [3.8, 4) is 0 Å². The van der Waals surface area contributed by atoms with Crippen molar-refractivity contribution in [1.29, 1.82) is 0 Å². The van der Waals surface area contributed by atoms with E-state index in [9.17, 15) is 0 Å². The van der Waals surface area contributed by atoms with Gasteiger partial charge < -0.3 is 9.88 Å². The van der Waals surface area contributed by atoms with Gasteiger partial charge in [-0.3, -0.25) is 0 Å². The van der Waals surface area contributed by atoms with Gasteiger partial charge in [0.1, 0.15) is 0 Å². The highest BCUT2D eigenvalue weighted by molar-refractivity contribution is 5.33. The van der Waals surface area contributed by atoms with E-state index < -0.39 is 0 Å². The summed E-state index contributed by atoms with van der Waals surface area (Å²) in [5.74, 6) is 1.03. The van der Waals surface area contributed by atoms with Crippen LogP contribution in [-0.2, 0) is 6.54 Å². The van der Waals surface area contributed by atoms with Crippen LogP contribution in [0.15, 0.2) is 6.20 Å². The molecule has 0 aliphatic heterocycles. The van der Waals surface area contributed by atoms with Crippen molar-refractivity contribution in [2.24, 2.45) is 0 Å². The normalized spacial score (nSPS) is 19.1. The molecule has 3 heteroatoms. The number of aromatic nitrogens is 2. The van der Waals surface area contributed by atoms with Crippen LogP contribution in [0.25, 0.3) is 0 Å². The Morgan fingerprint density at radius 2 is 2.29 bits per heavy atom. The second-order valence-electron chi connectivity index (χ2n) is 4.53. The topological polar surface area (TPSA) is 29.9 Å². The lowest BCUT2D eigenvalue weighted by atomic mass is 9.79. The summed E-state index contributed by atoms with van der Waals surface area (Å²) in [6.45, 7) is 7.45. The number of nitrogens with one attached hydrogen (secondary N) is 1. The van der Waals surface area contributed by atoms with Gasteiger partial charge in [0.2, 0.25) is 5.95 Å². The van der Waals surface area contributed by atoms with E-state index in [4.69, 9.17) is 0 Å². The standard InChI is InChI=1S/C11H19N3/c1-4-14-8-9(2)12-10(14)13-11(3)6-5-7-11/h8H,4-7H2,1-3H3,(H,12,13). The summed E-state index contributed by atoms with van der Waals surface area (Å²) in [6, 6.07) is 0. The first kappa shape index (κ1) is 9.56. The monoisotopic (exact) mass is 193 g/mol. The van der Waals surface area contributed by atoms with Crippen molar-refractivity contribution in [2.75, 3.05) is 5.32 Å². The molecule has 1 aromatic heterocycles. The van der Waals surface area contributed by atoms with Crippen molar-refractivity contribution in [3.05, 3.63) is 11.9 Å². The first-order valence-corrected chi connectivity index (χ1v) is 5.45. The van der Waals surface area contributed by atoms with E-state index in [1.54, 1.807) is 0 Å². The first-order chi connectivity index (χ1) is 6.63. The number of hydrogen-bond donors (Lipinski definition) is 1. The van der Waals surface area contributed by atoms with Crippen LogP contribution in [-0.4, -0.2) is 15.1 Å². The lowest BCUT2D eigenvalue weighted by Crippen LogP contribution is -2.42. The largest absolute Gasteiger partial charge is 0.350 e. The van der Waals surface area contributed by atoms with Gasteiger partial charge in [-0.05, 0) is 40.0 Å². The SMILES string of the molecule is CCn1cc(C)nc1NC1(C)CCC1. The van der Waals surface area contributed by atoms with E-state index in [-0.39, 0.29) is 0 Å². The predicted octanol–water partition coefficient (Wildman–Crippen LogP) is 2.57. The van der Waals surface area contributed by atoms with E-state index in [0.29, 0.717) is 5.54 Å². The Morgan fingerprint density at radius 3 is 2.79 bits per heavy atom. The van der Waals surface area contributed by atoms with Crippen LogP contribution in [0.3, 0.4) is 0 Å². The van der Waals surface area contributed by atoms with Gasteiger partial charge in [0.15, 0.2) is 0 Å². The molecule has 1 fully saturated rings. The van der Waals surface area contributed by atoms with E-state index in [2.05, 4.69) is 34.9 Å². The second-order valence-corrected chi connectivity index (χ2v) is 4.53. The molecule has 0 spiro atoms. The zero-order valence-electron chi connectivity index (χ0n) is 9.30. The van der Waals surface area contributed by atoms with Gasteiger partial charge in [-0.2, -0.15) is 0 Å². The Balaban J connectivity index is 2.14. The van der Waals surface area contributed by atoms with Crippen LogP contribution in [0.2, 0.25) is 0 Å². The molecule has 0 bridgehead atoms. The van der Waals surface area contributed by atoms with Gasteiger partial charge in [0, 0.05) is 18.3 Å². The summed E-state index contributed by atoms with van der Waals surface area (Å²) in [5.41, 5.74) is 1.39. The summed E-state index contributed by atoms with van der Waals surface area (Å²) < 4.78 is 2.18. The molecule has 1 aliphatic carbocycles. The molecule has 3 nitrogen and oxygen atoms in total. The highest BCUT2D eigenvalue weighted by Gasteiger charge is 2.32. The highest BCUT2D eigenvalue weighted by atomic mass is 15.2. The number of rotatable bonds is 3. The number of hydrogen-bond acceptors (Lipinski definition) is 2. The van der Waals surface area contributed by atoms with Gasteiger partial charge >= 0.3 is 0 Å². The maximum atomic E-state index is 4.50. The zero-order chi connectivity index (χ0) is 10.2. The van der Waals surface area contributed by atoms with E-state index in [1.807, 2.05) is 6.92 Å². The molecule has 1 aliphatic rings. The van der Waals surface area contributed by atoms with Crippen LogP contribution in [0.4, 0.5) is 5.95 Å². The summed E-state index contributed by atoms with van der Waals surface area (Å²) >= 11 is 0. The first-order valence-electron chi connectivity index (χ1n) is 5.45. The van der Waals surface area contributed by atoms with Crippen LogP contribution < -0.4 is 5.32 Å². The lowest BCUT2D eigenvalue weighted by Gasteiger charge is -2.39. The predicted molar refractivity (Wildman–Crippen MR) is 58.5 cm³/mol. The molecule has 0 aromatic carbocycles. The molecule has 1 heterocycles. The second kappa shape index (κ2) is 3.30. The number of anilines is 1. The van der Waals surface area contributed by atoms with Gasteiger partial charge in [-0.1, -0.05) is 0 Å². The van der Waals surface area contributed by atoms with Crippen molar-refractivity contribution in [1.82, 2.24) is 9.55 Å². The Bertz CT molecular complexity index is 323. The highest BCUT2D eigenvalue weighted by Crippen LogP contribution is 2.34. The van der Waals surface area contributed by atoms with Gasteiger partial charge in [0.25, 0.3) is 0 Å². The van der Waals surface area contributed by atoms with Crippen LogP contribution >= 0.6 is 0 Å². The van der Waals surface area contributed by atoms with Crippen LogP contribution in [0, 0.1) is 6.92 Å². The minimum Gasteiger partial charge on any atom is -0.350 e. The molecule has 14 heavy (non-hydrogen) atoms. The fourth-order valence-electron chi connectivity index (χ4n) is 1.99. The molecule has 1 aromatic rings.